The first-order valence-electron chi connectivity index (χ1n) is 5.16. The fourth-order valence-electron chi connectivity index (χ4n) is 1.95. The second-order valence-corrected chi connectivity index (χ2v) is 4.93. The van der Waals surface area contributed by atoms with Crippen LogP contribution in [0.2, 0.25) is 0 Å². The molecular formula is C13H11F2NO. The van der Waals surface area contributed by atoms with Crippen LogP contribution < -0.4 is 0 Å². The summed E-state index contributed by atoms with van der Waals surface area (Å²) in [4.78, 5) is 0. The summed E-state index contributed by atoms with van der Waals surface area (Å²) in [6.07, 6.45) is 0. The van der Waals surface area contributed by atoms with Crippen molar-refractivity contribution in [3.8, 4) is 6.07 Å². The van der Waals surface area contributed by atoms with Crippen molar-refractivity contribution in [3.63, 3.8) is 0 Å². The minimum atomic E-state index is -0.785. The van der Waals surface area contributed by atoms with Gasteiger partial charge in [-0.1, -0.05) is 20.8 Å². The summed E-state index contributed by atoms with van der Waals surface area (Å²) in [5.74, 6) is -1.42. The Labute approximate surface area is 97.5 Å². The minimum absolute atomic E-state index is 0.0389. The van der Waals surface area contributed by atoms with Crippen LogP contribution in [0.25, 0.3) is 11.0 Å². The van der Waals surface area contributed by atoms with E-state index < -0.39 is 17.0 Å². The van der Waals surface area contributed by atoms with E-state index in [1.165, 1.54) is 6.07 Å². The van der Waals surface area contributed by atoms with E-state index in [1.807, 2.05) is 26.8 Å². The smallest absolute Gasteiger partial charge is 0.208 e. The molecule has 0 radical (unpaired) electrons. The van der Waals surface area contributed by atoms with Crippen LogP contribution in [0.4, 0.5) is 8.78 Å². The lowest BCUT2D eigenvalue weighted by molar-refractivity contribution is 0.524. The van der Waals surface area contributed by atoms with Crippen LogP contribution >= 0.6 is 0 Å². The third kappa shape index (κ3) is 1.78. The summed E-state index contributed by atoms with van der Waals surface area (Å²) in [7, 11) is 0. The first-order chi connectivity index (χ1) is 7.84. The van der Waals surface area contributed by atoms with Gasteiger partial charge in [0.15, 0.2) is 11.4 Å². The number of hydrogen-bond acceptors (Lipinski definition) is 2. The van der Waals surface area contributed by atoms with Gasteiger partial charge in [-0.05, 0) is 11.5 Å². The zero-order valence-electron chi connectivity index (χ0n) is 9.77. The molecule has 4 heteroatoms. The highest BCUT2D eigenvalue weighted by Crippen LogP contribution is 2.36. The van der Waals surface area contributed by atoms with Crippen molar-refractivity contribution in [2.75, 3.05) is 0 Å². The Morgan fingerprint density at radius 3 is 2.41 bits per heavy atom. The van der Waals surface area contributed by atoms with Gasteiger partial charge in [-0.25, -0.2) is 8.78 Å². The van der Waals surface area contributed by atoms with Crippen LogP contribution in [-0.4, -0.2) is 0 Å². The number of rotatable bonds is 0. The first-order valence-corrected chi connectivity index (χ1v) is 5.16. The summed E-state index contributed by atoms with van der Waals surface area (Å²) >= 11 is 0. The second kappa shape index (κ2) is 3.56. The fraction of sp³-hybridized carbons (Fsp3) is 0.308. The summed E-state index contributed by atoms with van der Waals surface area (Å²) < 4.78 is 31.9. The molecule has 0 N–H and O–H groups in total. The Morgan fingerprint density at radius 2 is 1.88 bits per heavy atom. The van der Waals surface area contributed by atoms with Gasteiger partial charge in [-0.2, -0.15) is 5.26 Å². The molecule has 0 fully saturated rings. The molecule has 0 bridgehead atoms. The molecule has 1 heterocycles. The molecule has 2 rings (SSSR count). The molecule has 0 aliphatic rings. The highest BCUT2D eigenvalue weighted by Gasteiger charge is 2.27. The van der Waals surface area contributed by atoms with Crippen LogP contribution in [0.3, 0.4) is 0 Å². The van der Waals surface area contributed by atoms with Gasteiger partial charge in [0.1, 0.15) is 11.9 Å². The van der Waals surface area contributed by atoms with Crippen molar-refractivity contribution in [2.24, 2.45) is 0 Å². The predicted octanol–water partition coefficient (Wildman–Crippen LogP) is 3.88. The molecule has 2 aromatic rings. The van der Waals surface area contributed by atoms with Crippen molar-refractivity contribution >= 4 is 11.0 Å². The van der Waals surface area contributed by atoms with Crippen LogP contribution in [-0.2, 0) is 5.41 Å². The molecule has 17 heavy (non-hydrogen) atoms. The number of benzene rings is 1. The summed E-state index contributed by atoms with van der Waals surface area (Å²) in [5, 5.41) is 9.31. The topological polar surface area (TPSA) is 36.9 Å². The molecule has 0 aliphatic heterocycles. The van der Waals surface area contributed by atoms with Crippen LogP contribution in [0, 0.1) is 23.0 Å². The standard InChI is InChI=1S/C13H11F2NO/c1-13(2,3)11-8-4-7(14)5-9(15)12(8)17-10(11)6-16/h4-5H,1-3H3. The Bertz CT molecular complexity index is 629. The molecule has 88 valence electrons. The summed E-state index contributed by atoms with van der Waals surface area (Å²) in [5.41, 5.74) is 0.0533. The van der Waals surface area contributed by atoms with Gasteiger partial charge in [0.2, 0.25) is 5.76 Å². The van der Waals surface area contributed by atoms with E-state index in [2.05, 4.69) is 0 Å². The molecule has 0 aliphatic carbocycles. The van der Waals surface area contributed by atoms with E-state index >= 15 is 0 Å². The molecule has 0 spiro atoms. The molecule has 0 atom stereocenters. The number of hydrogen-bond donors (Lipinski definition) is 0. The Kier molecular flexibility index (Phi) is 2.43. The lowest BCUT2D eigenvalue weighted by Crippen LogP contribution is -2.12. The third-order valence-electron chi connectivity index (χ3n) is 2.56. The second-order valence-electron chi connectivity index (χ2n) is 4.93. The fourth-order valence-corrected chi connectivity index (χ4v) is 1.95. The van der Waals surface area contributed by atoms with Crippen LogP contribution in [0.5, 0.6) is 0 Å². The highest BCUT2D eigenvalue weighted by molar-refractivity contribution is 5.85. The van der Waals surface area contributed by atoms with Gasteiger partial charge >= 0.3 is 0 Å². The Morgan fingerprint density at radius 1 is 1.24 bits per heavy atom. The SMILES string of the molecule is CC(C)(C)c1c(C#N)oc2c(F)cc(F)cc12. The van der Waals surface area contributed by atoms with Gasteiger partial charge < -0.3 is 4.42 Å². The minimum Gasteiger partial charge on any atom is -0.442 e. The monoisotopic (exact) mass is 235 g/mol. The molecule has 1 aromatic carbocycles. The third-order valence-corrected chi connectivity index (χ3v) is 2.56. The van der Waals surface area contributed by atoms with E-state index in [-0.39, 0.29) is 11.3 Å². The average Bonchev–Trinajstić information content (AvgIpc) is 2.55. The van der Waals surface area contributed by atoms with Crippen molar-refractivity contribution < 1.29 is 13.2 Å². The normalized spacial score (nSPS) is 11.8. The molecule has 0 saturated carbocycles. The molecule has 1 aromatic heterocycles. The molecule has 0 saturated heterocycles. The lowest BCUT2D eigenvalue weighted by atomic mass is 9.85. The molecular weight excluding hydrogens is 224 g/mol. The maximum Gasteiger partial charge on any atom is 0.208 e. The zero-order chi connectivity index (χ0) is 12.8. The van der Waals surface area contributed by atoms with E-state index in [1.54, 1.807) is 0 Å². The van der Waals surface area contributed by atoms with E-state index in [9.17, 15) is 8.78 Å². The maximum absolute atomic E-state index is 13.5. The van der Waals surface area contributed by atoms with Crippen molar-refractivity contribution in [1.29, 1.82) is 5.26 Å². The number of fused-ring (bicyclic) bond motifs is 1. The maximum atomic E-state index is 13.5. The zero-order valence-corrected chi connectivity index (χ0v) is 9.77. The van der Waals surface area contributed by atoms with E-state index in [4.69, 9.17) is 9.68 Å². The summed E-state index contributed by atoms with van der Waals surface area (Å²) in [6.45, 7) is 5.59. The predicted molar refractivity (Wildman–Crippen MR) is 59.5 cm³/mol. The van der Waals surface area contributed by atoms with Crippen molar-refractivity contribution in [1.82, 2.24) is 0 Å². The van der Waals surface area contributed by atoms with Crippen LogP contribution in [0.15, 0.2) is 16.5 Å². The number of nitrogens with zero attached hydrogens (tertiary/aromatic N) is 1. The molecule has 0 amide bonds. The first kappa shape index (κ1) is 11.6. The summed E-state index contributed by atoms with van der Waals surface area (Å²) in [6, 6.07) is 3.83. The van der Waals surface area contributed by atoms with E-state index in [0.717, 1.165) is 6.07 Å². The van der Waals surface area contributed by atoms with E-state index in [0.29, 0.717) is 10.9 Å². The number of nitriles is 1. The average molecular weight is 235 g/mol. The molecule has 0 unspecified atom stereocenters. The van der Waals surface area contributed by atoms with Crippen molar-refractivity contribution in [2.45, 2.75) is 26.2 Å². The largest absolute Gasteiger partial charge is 0.442 e. The quantitative estimate of drug-likeness (QED) is 0.694. The van der Waals surface area contributed by atoms with Gasteiger partial charge in [0, 0.05) is 17.0 Å². The lowest BCUT2D eigenvalue weighted by Gasteiger charge is -2.17. The van der Waals surface area contributed by atoms with Crippen LogP contribution in [0.1, 0.15) is 32.1 Å². The number of halogens is 2. The van der Waals surface area contributed by atoms with Gasteiger partial charge in [-0.15, -0.1) is 0 Å². The molecule has 2 nitrogen and oxygen atoms in total. The Balaban J connectivity index is 2.95. The highest BCUT2D eigenvalue weighted by atomic mass is 19.1. The van der Waals surface area contributed by atoms with Gasteiger partial charge in [0.05, 0.1) is 0 Å². The Hall–Kier alpha value is -1.89. The van der Waals surface area contributed by atoms with Gasteiger partial charge in [0.25, 0.3) is 0 Å². The number of furan rings is 1. The van der Waals surface area contributed by atoms with Crippen molar-refractivity contribution in [3.05, 3.63) is 35.1 Å². The van der Waals surface area contributed by atoms with Gasteiger partial charge in [-0.3, -0.25) is 0 Å².